The summed E-state index contributed by atoms with van der Waals surface area (Å²) >= 11 is 0. The number of amides is 2. The third-order valence-electron chi connectivity index (χ3n) is 4.61. The molecule has 2 amide bonds. The highest BCUT2D eigenvalue weighted by Gasteiger charge is 2.28. The third-order valence-corrected chi connectivity index (χ3v) is 4.61. The minimum absolute atomic E-state index is 0.00840. The topological polar surface area (TPSA) is 113 Å². The molecule has 4 rings (SSSR count). The maximum absolute atomic E-state index is 12.1. The normalized spacial score (nSPS) is 16.9. The number of aromatic nitrogens is 3. The minimum atomic E-state index is -0.0798. The van der Waals surface area contributed by atoms with Gasteiger partial charge in [0.1, 0.15) is 5.82 Å². The van der Waals surface area contributed by atoms with Crippen LogP contribution < -0.4 is 15.5 Å². The lowest BCUT2D eigenvalue weighted by Crippen LogP contribution is -2.48. The molecule has 2 aromatic rings. The van der Waals surface area contributed by atoms with Gasteiger partial charge in [-0.25, -0.2) is 4.98 Å². The second-order valence-electron chi connectivity index (χ2n) is 6.90. The quantitative estimate of drug-likeness (QED) is 0.754. The van der Waals surface area contributed by atoms with Gasteiger partial charge in [-0.05, 0) is 31.4 Å². The average molecular weight is 370 g/mol. The van der Waals surface area contributed by atoms with E-state index in [0.717, 1.165) is 31.0 Å². The van der Waals surface area contributed by atoms with Crippen molar-refractivity contribution in [2.24, 2.45) is 0 Å². The van der Waals surface area contributed by atoms with Crippen molar-refractivity contribution in [2.45, 2.75) is 38.0 Å². The Morgan fingerprint density at radius 3 is 3.00 bits per heavy atom. The van der Waals surface area contributed by atoms with Crippen molar-refractivity contribution in [3.8, 4) is 0 Å². The summed E-state index contributed by atoms with van der Waals surface area (Å²) in [7, 11) is 0. The van der Waals surface area contributed by atoms with Gasteiger partial charge < -0.3 is 20.1 Å². The highest BCUT2D eigenvalue weighted by Crippen LogP contribution is 2.38. The summed E-state index contributed by atoms with van der Waals surface area (Å²) in [6, 6.07) is 3.61. The number of hydrogen-bond donors (Lipinski definition) is 2. The summed E-state index contributed by atoms with van der Waals surface area (Å²) in [5.74, 6) is 2.51. The Hall–Kier alpha value is -2.97. The summed E-state index contributed by atoms with van der Waals surface area (Å²) in [6.07, 6.45) is 5.50. The second-order valence-corrected chi connectivity index (χ2v) is 6.90. The van der Waals surface area contributed by atoms with Crippen molar-refractivity contribution in [1.29, 1.82) is 0 Å². The van der Waals surface area contributed by atoms with Gasteiger partial charge in [0.05, 0.1) is 18.4 Å². The van der Waals surface area contributed by atoms with Gasteiger partial charge in [0.15, 0.2) is 5.82 Å². The molecule has 2 fully saturated rings. The molecule has 0 radical (unpaired) electrons. The van der Waals surface area contributed by atoms with E-state index >= 15 is 0 Å². The summed E-state index contributed by atoms with van der Waals surface area (Å²) in [6.45, 7) is 1.64. The molecule has 9 heteroatoms. The zero-order valence-electron chi connectivity index (χ0n) is 15.0. The second kappa shape index (κ2) is 7.73. The predicted molar refractivity (Wildman–Crippen MR) is 97.3 cm³/mol. The Morgan fingerprint density at radius 2 is 2.26 bits per heavy atom. The standard InChI is InChI=1S/C18H22N6O3/c25-15(2-1-3-17-22-18(23-27-17)12-4-5-12)21-13-6-7-14(20-10-13)24-9-8-19-16(26)11-24/h6-7,10,12H,1-5,8-9,11H2,(H,19,26)(H,21,25). The van der Waals surface area contributed by atoms with Crippen LogP contribution in [0.4, 0.5) is 11.5 Å². The fraction of sp³-hybridized carbons (Fsp3) is 0.500. The van der Waals surface area contributed by atoms with Gasteiger partial charge in [0, 0.05) is 31.8 Å². The molecule has 2 aromatic heterocycles. The first kappa shape index (κ1) is 17.4. The first-order valence-corrected chi connectivity index (χ1v) is 9.27. The van der Waals surface area contributed by atoms with Gasteiger partial charge in [-0.1, -0.05) is 5.16 Å². The number of piperazine rings is 1. The van der Waals surface area contributed by atoms with Gasteiger partial charge in [-0.15, -0.1) is 0 Å². The van der Waals surface area contributed by atoms with Crippen molar-refractivity contribution >= 4 is 23.3 Å². The van der Waals surface area contributed by atoms with Crippen LogP contribution in [-0.4, -0.2) is 46.6 Å². The Morgan fingerprint density at radius 1 is 1.37 bits per heavy atom. The number of nitrogens with zero attached hydrogens (tertiary/aromatic N) is 4. The van der Waals surface area contributed by atoms with Crippen LogP contribution in [0.3, 0.4) is 0 Å². The fourth-order valence-corrected chi connectivity index (χ4v) is 2.98. The lowest BCUT2D eigenvalue weighted by atomic mass is 10.2. The Kier molecular flexibility index (Phi) is 4.99. The van der Waals surface area contributed by atoms with Gasteiger partial charge in [0.2, 0.25) is 17.7 Å². The minimum Gasteiger partial charge on any atom is -0.353 e. The van der Waals surface area contributed by atoms with E-state index in [1.54, 1.807) is 12.3 Å². The highest BCUT2D eigenvalue weighted by atomic mass is 16.5. The van der Waals surface area contributed by atoms with Crippen LogP contribution in [0.2, 0.25) is 0 Å². The summed E-state index contributed by atoms with van der Waals surface area (Å²) < 4.78 is 5.21. The number of rotatable bonds is 7. The van der Waals surface area contributed by atoms with Crippen LogP contribution in [0.15, 0.2) is 22.9 Å². The fourth-order valence-electron chi connectivity index (χ4n) is 2.98. The lowest BCUT2D eigenvalue weighted by Gasteiger charge is -2.27. The van der Waals surface area contributed by atoms with Crippen molar-refractivity contribution < 1.29 is 14.1 Å². The van der Waals surface area contributed by atoms with Gasteiger partial charge in [0.25, 0.3) is 0 Å². The van der Waals surface area contributed by atoms with E-state index in [-0.39, 0.29) is 11.8 Å². The third kappa shape index (κ3) is 4.60. The molecular formula is C18H22N6O3. The smallest absolute Gasteiger partial charge is 0.239 e. The van der Waals surface area contributed by atoms with Crippen LogP contribution in [-0.2, 0) is 16.0 Å². The molecule has 27 heavy (non-hydrogen) atoms. The molecule has 3 heterocycles. The number of aryl methyl sites for hydroxylation is 1. The first-order valence-electron chi connectivity index (χ1n) is 9.27. The number of nitrogens with one attached hydrogen (secondary N) is 2. The Balaban J connectivity index is 1.22. The molecule has 0 atom stereocenters. The molecule has 0 unspecified atom stereocenters. The highest BCUT2D eigenvalue weighted by molar-refractivity contribution is 5.90. The molecule has 142 valence electrons. The lowest BCUT2D eigenvalue weighted by molar-refractivity contribution is -0.120. The maximum atomic E-state index is 12.1. The van der Waals surface area contributed by atoms with E-state index < -0.39 is 0 Å². The first-order chi connectivity index (χ1) is 13.2. The Labute approximate surface area is 156 Å². The number of hydrogen-bond acceptors (Lipinski definition) is 7. The molecule has 0 aromatic carbocycles. The van der Waals surface area contributed by atoms with Gasteiger partial charge >= 0.3 is 0 Å². The van der Waals surface area contributed by atoms with E-state index in [2.05, 4.69) is 25.8 Å². The van der Waals surface area contributed by atoms with Crippen molar-refractivity contribution in [1.82, 2.24) is 20.4 Å². The molecule has 1 aliphatic carbocycles. The molecule has 9 nitrogen and oxygen atoms in total. The summed E-state index contributed by atoms with van der Waals surface area (Å²) in [4.78, 5) is 34.1. The number of carbonyl (C=O) groups excluding carboxylic acids is 2. The molecule has 0 spiro atoms. The maximum Gasteiger partial charge on any atom is 0.239 e. The largest absolute Gasteiger partial charge is 0.353 e. The van der Waals surface area contributed by atoms with E-state index in [1.807, 2.05) is 11.0 Å². The predicted octanol–water partition coefficient (Wildman–Crippen LogP) is 1.24. The zero-order chi connectivity index (χ0) is 18.6. The van der Waals surface area contributed by atoms with Gasteiger partial charge in [-0.3, -0.25) is 9.59 Å². The summed E-state index contributed by atoms with van der Waals surface area (Å²) in [5, 5.41) is 9.59. The van der Waals surface area contributed by atoms with Crippen LogP contribution in [0.25, 0.3) is 0 Å². The molecule has 1 aliphatic heterocycles. The zero-order valence-corrected chi connectivity index (χ0v) is 15.0. The molecular weight excluding hydrogens is 348 g/mol. The van der Waals surface area contributed by atoms with E-state index in [9.17, 15) is 9.59 Å². The van der Waals surface area contributed by atoms with Crippen LogP contribution in [0.1, 0.15) is 43.3 Å². The van der Waals surface area contributed by atoms with Crippen LogP contribution in [0.5, 0.6) is 0 Å². The van der Waals surface area contributed by atoms with Crippen molar-refractivity contribution in [3.05, 3.63) is 30.0 Å². The monoisotopic (exact) mass is 370 g/mol. The molecule has 1 saturated carbocycles. The van der Waals surface area contributed by atoms with E-state index in [4.69, 9.17) is 4.52 Å². The van der Waals surface area contributed by atoms with E-state index in [0.29, 0.717) is 49.8 Å². The molecule has 2 N–H and O–H groups in total. The summed E-state index contributed by atoms with van der Waals surface area (Å²) in [5.41, 5.74) is 0.638. The number of anilines is 2. The van der Waals surface area contributed by atoms with Gasteiger partial charge in [-0.2, -0.15) is 4.98 Å². The van der Waals surface area contributed by atoms with Crippen molar-refractivity contribution in [2.75, 3.05) is 29.9 Å². The molecule has 2 aliphatic rings. The van der Waals surface area contributed by atoms with E-state index in [1.165, 1.54) is 0 Å². The van der Waals surface area contributed by atoms with Crippen molar-refractivity contribution in [3.63, 3.8) is 0 Å². The SMILES string of the molecule is O=C1CN(c2ccc(NC(=O)CCCc3nc(C4CC4)no3)cn2)CCN1. The van der Waals surface area contributed by atoms with Crippen LogP contribution >= 0.6 is 0 Å². The number of pyridine rings is 1. The van der Waals surface area contributed by atoms with Crippen LogP contribution in [0, 0.1) is 0 Å². The average Bonchev–Trinajstić information content (AvgIpc) is 3.41. The molecule has 1 saturated heterocycles. The number of carbonyl (C=O) groups is 2. The Bertz CT molecular complexity index is 815. The molecule has 0 bridgehead atoms.